The molecule has 74 valence electrons. The number of hydrogen-bond acceptors (Lipinski definition) is 3. The number of ether oxygens (including phenoxy) is 2. The van der Waals surface area contributed by atoms with E-state index in [-0.39, 0.29) is 5.72 Å². The van der Waals surface area contributed by atoms with Crippen LogP contribution in [0.25, 0.3) is 0 Å². The smallest absolute Gasteiger partial charge is 0.144 e. The molecule has 2 heterocycles. The lowest BCUT2D eigenvalue weighted by Gasteiger charge is -2.37. The maximum absolute atomic E-state index is 5.90. The highest BCUT2D eigenvalue weighted by Gasteiger charge is 2.43. The van der Waals surface area contributed by atoms with E-state index in [1.54, 1.807) is 0 Å². The molecule has 13 heavy (non-hydrogen) atoms. The topological polar surface area (TPSA) is 30.5 Å². The summed E-state index contributed by atoms with van der Waals surface area (Å²) in [6.07, 6.45) is 3.85. The molecule has 3 fully saturated rings. The Hall–Kier alpha value is -0.120. The lowest BCUT2D eigenvalue weighted by molar-refractivity contribution is -0.118. The van der Waals surface area contributed by atoms with Crippen LogP contribution in [0.1, 0.15) is 19.3 Å². The largest absolute Gasteiger partial charge is 0.377 e. The average Bonchev–Trinajstić information content (AvgIpc) is 2.91. The van der Waals surface area contributed by atoms with Gasteiger partial charge in [0.15, 0.2) is 0 Å². The molecule has 2 atom stereocenters. The summed E-state index contributed by atoms with van der Waals surface area (Å²) in [5.41, 5.74) is -0.106. The van der Waals surface area contributed by atoms with Crippen LogP contribution in [0.15, 0.2) is 0 Å². The minimum absolute atomic E-state index is 0.106. The molecule has 0 aromatic heterocycles. The van der Waals surface area contributed by atoms with Crippen molar-refractivity contribution in [1.82, 2.24) is 5.32 Å². The lowest BCUT2D eigenvalue weighted by Crippen LogP contribution is -2.55. The van der Waals surface area contributed by atoms with Gasteiger partial charge in [0.1, 0.15) is 5.72 Å². The zero-order valence-electron chi connectivity index (χ0n) is 7.92. The van der Waals surface area contributed by atoms with Gasteiger partial charge in [-0.3, -0.25) is 5.32 Å². The van der Waals surface area contributed by atoms with E-state index in [1.165, 1.54) is 12.8 Å². The first kappa shape index (κ1) is 8.21. The molecule has 1 saturated carbocycles. The van der Waals surface area contributed by atoms with Crippen molar-refractivity contribution < 1.29 is 9.47 Å². The Labute approximate surface area is 78.8 Å². The van der Waals surface area contributed by atoms with Gasteiger partial charge in [-0.05, 0) is 24.7 Å². The predicted octanol–water partition coefficient (Wildman–Crippen LogP) is 0.749. The maximum Gasteiger partial charge on any atom is 0.144 e. The second-order valence-corrected chi connectivity index (χ2v) is 4.59. The van der Waals surface area contributed by atoms with Gasteiger partial charge in [0.2, 0.25) is 0 Å². The first-order valence-corrected chi connectivity index (χ1v) is 5.35. The van der Waals surface area contributed by atoms with Crippen LogP contribution in [0.2, 0.25) is 0 Å². The average molecular weight is 183 g/mol. The van der Waals surface area contributed by atoms with Gasteiger partial charge in [-0.15, -0.1) is 0 Å². The van der Waals surface area contributed by atoms with Gasteiger partial charge in [0, 0.05) is 13.0 Å². The molecule has 2 unspecified atom stereocenters. The molecule has 0 aromatic rings. The normalized spacial score (nSPS) is 45.7. The van der Waals surface area contributed by atoms with Gasteiger partial charge in [0.05, 0.1) is 19.8 Å². The summed E-state index contributed by atoms with van der Waals surface area (Å²) in [6, 6.07) is 0. The van der Waals surface area contributed by atoms with Crippen LogP contribution in [-0.4, -0.2) is 32.1 Å². The van der Waals surface area contributed by atoms with E-state index < -0.39 is 0 Å². The fraction of sp³-hybridized carbons (Fsp3) is 1.00. The van der Waals surface area contributed by atoms with Crippen LogP contribution < -0.4 is 5.32 Å². The van der Waals surface area contributed by atoms with Crippen LogP contribution in [-0.2, 0) is 9.47 Å². The van der Waals surface area contributed by atoms with Crippen LogP contribution >= 0.6 is 0 Å². The predicted molar refractivity (Wildman–Crippen MR) is 48.3 cm³/mol. The Morgan fingerprint density at radius 1 is 1.23 bits per heavy atom. The molecule has 1 N–H and O–H groups in total. The molecule has 2 saturated heterocycles. The van der Waals surface area contributed by atoms with Crippen LogP contribution in [0, 0.1) is 11.8 Å². The van der Waals surface area contributed by atoms with Crippen molar-refractivity contribution in [3.63, 3.8) is 0 Å². The fourth-order valence-electron chi connectivity index (χ4n) is 2.36. The highest BCUT2D eigenvalue weighted by Crippen LogP contribution is 2.39. The summed E-state index contributed by atoms with van der Waals surface area (Å²) < 4.78 is 11.3. The van der Waals surface area contributed by atoms with Gasteiger partial charge in [-0.2, -0.15) is 0 Å². The van der Waals surface area contributed by atoms with Crippen molar-refractivity contribution in [2.75, 3.05) is 26.4 Å². The van der Waals surface area contributed by atoms with Crippen molar-refractivity contribution in [2.45, 2.75) is 25.0 Å². The molecule has 3 nitrogen and oxygen atoms in total. The second kappa shape index (κ2) is 2.94. The van der Waals surface area contributed by atoms with Crippen molar-refractivity contribution in [2.24, 2.45) is 11.8 Å². The minimum atomic E-state index is -0.106. The minimum Gasteiger partial charge on any atom is -0.377 e. The molecule has 3 aliphatic rings. The second-order valence-electron chi connectivity index (χ2n) is 4.59. The highest BCUT2D eigenvalue weighted by atomic mass is 16.6. The summed E-state index contributed by atoms with van der Waals surface area (Å²) in [5.74, 6) is 1.72. The molecule has 0 radical (unpaired) electrons. The SMILES string of the molecule is C1CC2(CO1)NCC(C1CC1)CO2. The van der Waals surface area contributed by atoms with E-state index in [9.17, 15) is 0 Å². The Morgan fingerprint density at radius 3 is 2.69 bits per heavy atom. The van der Waals surface area contributed by atoms with Gasteiger partial charge in [-0.1, -0.05) is 0 Å². The van der Waals surface area contributed by atoms with Gasteiger partial charge >= 0.3 is 0 Å². The molecule has 0 bridgehead atoms. The van der Waals surface area contributed by atoms with E-state index >= 15 is 0 Å². The van der Waals surface area contributed by atoms with Gasteiger partial charge in [0.25, 0.3) is 0 Å². The van der Waals surface area contributed by atoms with Crippen LogP contribution in [0.3, 0.4) is 0 Å². The Bertz CT molecular complexity index is 187. The summed E-state index contributed by atoms with van der Waals surface area (Å²) in [5, 5.41) is 3.52. The van der Waals surface area contributed by atoms with E-state index in [0.29, 0.717) is 0 Å². The molecule has 3 rings (SSSR count). The molecule has 2 aliphatic heterocycles. The monoisotopic (exact) mass is 183 g/mol. The Kier molecular flexibility index (Phi) is 1.86. The molecule has 0 aromatic carbocycles. The summed E-state index contributed by atoms with van der Waals surface area (Å²) in [6.45, 7) is 3.67. The van der Waals surface area contributed by atoms with E-state index in [2.05, 4.69) is 5.32 Å². The molecule has 1 spiro atoms. The maximum atomic E-state index is 5.90. The van der Waals surface area contributed by atoms with Crippen molar-refractivity contribution >= 4 is 0 Å². The zero-order valence-corrected chi connectivity index (χ0v) is 7.92. The quantitative estimate of drug-likeness (QED) is 0.650. The van der Waals surface area contributed by atoms with E-state index in [1.807, 2.05) is 0 Å². The van der Waals surface area contributed by atoms with Crippen LogP contribution in [0.5, 0.6) is 0 Å². The zero-order chi connectivity index (χ0) is 8.73. The standard InChI is InChI=1S/C10H17NO2/c1-2-8(1)9-5-11-10(13-6-9)3-4-12-7-10/h8-9,11H,1-7H2. The number of hydrogen-bond donors (Lipinski definition) is 1. The van der Waals surface area contributed by atoms with Gasteiger partial charge < -0.3 is 9.47 Å². The molecular weight excluding hydrogens is 166 g/mol. The third-order valence-electron chi connectivity index (χ3n) is 3.53. The molecule has 0 amide bonds. The number of nitrogens with one attached hydrogen (secondary N) is 1. The van der Waals surface area contributed by atoms with Gasteiger partial charge in [-0.25, -0.2) is 0 Å². The molecular formula is C10H17NO2. The fourth-order valence-corrected chi connectivity index (χ4v) is 2.36. The first-order valence-electron chi connectivity index (χ1n) is 5.35. The molecule has 3 heteroatoms. The first-order chi connectivity index (χ1) is 6.38. The van der Waals surface area contributed by atoms with Crippen LogP contribution in [0.4, 0.5) is 0 Å². The highest BCUT2D eigenvalue weighted by molar-refractivity contribution is 4.91. The van der Waals surface area contributed by atoms with Crippen molar-refractivity contribution in [3.05, 3.63) is 0 Å². The third-order valence-corrected chi connectivity index (χ3v) is 3.53. The number of rotatable bonds is 1. The summed E-state index contributed by atoms with van der Waals surface area (Å²) in [4.78, 5) is 0. The lowest BCUT2D eigenvalue weighted by atomic mass is 10.0. The van der Waals surface area contributed by atoms with E-state index in [4.69, 9.17) is 9.47 Å². The Balaban J connectivity index is 1.59. The Morgan fingerprint density at radius 2 is 2.15 bits per heavy atom. The van der Waals surface area contributed by atoms with Crippen molar-refractivity contribution in [1.29, 1.82) is 0 Å². The van der Waals surface area contributed by atoms with Crippen molar-refractivity contribution in [3.8, 4) is 0 Å². The third kappa shape index (κ3) is 1.49. The summed E-state index contributed by atoms with van der Waals surface area (Å²) in [7, 11) is 0. The van der Waals surface area contributed by atoms with E-state index in [0.717, 1.165) is 44.6 Å². The molecule has 1 aliphatic carbocycles. The summed E-state index contributed by atoms with van der Waals surface area (Å²) >= 11 is 0.